The van der Waals surface area contributed by atoms with E-state index in [1.807, 2.05) is 30.5 Å². The molecule has 4 nitrogen and oxygen atoms in total. The van der Waals surface area contributed by atoms with Gasteiger partial charge in [0.05, 0.1) is 0 Å². The molecule has 1 aromatic carbocycles. The Hall–Kier alpha value is -2.17. The number of carbonyl (C=O) groups is 1. The van der Waals surface area contributed by atoms with Gasteiger partial charge in [0.15, 0.2) is 5.13 Å². The number of halogens is 2. The van der Waals surface area contributed by atoms with Gasteiger partial charge in [0.25, 0.3) is 5.91 Å². The summed E-state index contributed by atoms with van der Waals surface area (Å²) in [5, 5.41) is 15.6. The van der Waals surface area contributed by atoms with E-state index in [9.17, 15) is 10.1 Å². The molecule has 0 fully saturated rings. The zero-order valence-electron chi connectivity index (χ0n) is 14.1. The molecule has 0 atom stereocenters. The fourth-order valence-corrected chi connectivity index (χ4v) is 4.36. The van der Waals surface area contributed by atoms with Gasteiger partial charge >= 0.3 is 0 Å². The molecular weight excluding hydrogens is 421 g/mol. The summed E-state index contributed by atoms with van der Waals surface area (Å²) >= 11 is 15.0. The van der Waals surface area contributed by atoms with Crippen molar-refractivity contribution in [1.82, 2.24) is 4.98 Å². The van der Waals surface area contributed by atoms with Crippen LogP contribution < -0.4 is 5.32 Å². The van der Waals surface area contributed by atoms with Gasteiger partial charge in [-0.1, -0.05) is 23.2 Å². The summed E-state index contributed by atoms with van der Waals surface area (Å²) in [5.41, 5.74) is 1.95. The Morgan fingerprint density at radius 1 is 1.37 bits per heavy atom. The van der Waals surface area contributed by atoms with Crippen molar-refractivity contribution >= 4 is 63.0 Å². The van der Waals surface area contributed by atoms with Crippen molar-refractivity contribution in [3.05, 3.63) is 72.3 Å². The SMILES string of the molecule is Cc1ccsc1/C=C(\C#N)C(=O)Nc1ncc(Cc2cc(Cl)ccc2Cl)s1. The van der Waals surface area contributed by atoms with Crippen molar-refractivity contribution < 1.29 is 4.79 Å². The molecule has 136 valence electrons. The van der Waals surface area contributed by atoms with Crippen LogP contribution in [0.25, 0.3) is 6.08 Å². The van der Waals surface area contributed by atoms with E-state index in [1.54, 1.807) is 24.4 Å². The van der Waals surface area contributed by atoms with Crippen molar-refractivity contribution in [2.45, 2.75) is 13.3 Å². The highest BCUT2D eigenvalue weighted by molar-refractivity contribution is 7.15. The molecule has 8 heteroatoms. The molecule has 0 aliphatic heterocycles. The maximum absolute atomic E-state index is 12.4. The molecule has 0 saturated heterocycles. The van der Waals surface area contributed by atoms with Gasteiger partial charge in [0, 0.05) is 32.4 Å². The second-order valence-corrected chi connectivity index (χ2v) is 8.54. The maximum Gasteiger partial charge on any atom is 0.268 e. The van der Waals surface area contributed by atoms with Crippen LogP contribution in [0.5, 0.6) is 0 Å². The minimum absolute atomic E-state index is 0.0372. The zero-order valence-corrected chi connectivity index (χ0v) is 17.3. The number of hydrogen-bond acceptors (Lipinski definition) is 5. The van der Waals surface area contributed by atoms with Crippen molar-refractivity contribution in [3.8, 4) is 6.07 Å². The van der Waals surface area contributed by atoms with E-state index < -0.39 is 5.91 Å². The number of carbonyl (C=O) groups excluding carboxylic acids is 1. The minimum Gasteiger partial charge on any atom is -0.297 e. The molecule has 27 heavy (non-hydrogen) atoms. The van der Waals surface area contributed by atoms with Gasteiger partial charge in [-0.15, -0.1) is 22.7 Å². The van der Waals surface area contributed by atoms with E-state index in [1.165, 1.54) is 22.7 Å². The van der Waals surface area contributed by atoms with Gasteiger partial charge in [-0.05, 0) is 53.8 Å². The highest BCUT2D eigenvalue weighted by Gasteiger charge is 2.13. The summed E-state index contributed by atoms with van der Waals surface area (Å²) in [4.78, 5) is 18.4. The number of nitrogens with zero attached hydrogens (tertiary/aromatic N) is 2. The van der Waals surface area contributed by atoms with E-state index in [-0.39, 0.29) is 5.57 Å². The molecule has 0 saturated carbocycles. The van der Waals surface area contributed by atoms with E-state index in [2.05, 4.69) is 10.3 Å². The van der Waals surface area contributed by atoms with Gasteiger partial charge < -0.3 is 0 Å². The lowest BCUT2D eigenvalue weighted by Gasteiger charge is -2.02. The van der Waals surface area contributed by atoms with Crippen LogP contribution in [0.4, 0.5) is 5.13 Å². The van der Waals surface area contributed by atoms with Gasteiger partial charge in [-0.25, -0.2) is 4.98 Å². The van der Waals surface area contributed by atoms with Crippen LogP contribution in [0.15, 0.2) is 41.4 Å². The second-order valence-electron chi connectivity index (χ2n) is 5.64. The third-order valence-corrected chi connectivity index (χ3v) is 6.17. The second kappa shape index (κ2) is 8.68. The maximum atomic E-state index is 12.4. The lowest BCUT2D eigenvalue weighted by atomic mass is 10.1. The first kappa shape index (κ1) is 19.6. The Morgan fingerprint density at radius 2 is 2.19 bits per heavy atom. The van der Waals surface area contributed by atoms with Crippen molar-refractivity contribution in [3.63, 3.8) is 0 Å². The number of benzene rings is 1. The topological polar surface area (TPSA) is 65.8 Å². The number of aryl methyl sites for hydroxylation is 1. The lowest BCUT2D eigenvalue weighted by Crippen LogP contribution is -2.13. The molecule has 0 radical (unpaired) electrons. The van der Waals surface area contributed by atoms with Crippen molar-refractivity contribution in [2.24, 2.45) is 0 Å². The summed E-state index contributed by atoms with van der Waals surface area (Å²) in [6.45, 7) is 1.93. The van der Waals surface area contributed by atoms with Gasteiger partial charge in [0.2, 0.25) is 0 Å². The third-order valence-electron chi connectivity index (χ3n) is 3.69. The van der Waals surface area contributed by atoms with Gasteiger partial charge in [-0.2, -0.15) is 5.26 Å². The first-order valence-electron chi connectivity index (χ1n) is 7.82. The third kappa shape index (κ3) is 4.96. The number of thiophene rings is 1. The number of anilines is 1. The predicted molar refractivity (Wildman–Crippen MR) is 113 cm³/mol. The Balaban J connectivity index is 1.72. The zero-order chi connectivity index (χ0) is 19.4. The van der Waals surface area contributed by atoms with Crippen molar-refractivity contribution in [1.29, 1.82) is 5.26 Å². The lowest BCUT2D eigenvalue weighted by molar-refractivity contribution is -0.112. The smallest absolute Gasteiger partial charge is 0.268 e. The van der Waals surface area contributed by atoms with Crippen LogP contribution in [-0.4, -0.2) is 10.9 Å². The molecule has 3 aromatic rings. The van der Waals surface area contributed by atoms with Crippen LogP contribution in [0.3, 0.4) is 0 Å². The van der Waals surface area contributed by atoms with E-state index in [4.69, 9.17) is 23.2 Å². The number of hydrogen-bond donors (Lipinski definition) is 1. The molecule has 0 spiro atoms. The summed E-state index contributed by atoms with van der Waals surface area (Å²) in [5.74, 6) is -0.480. The molecule has 0 bridgehead atoms. The Kier molecular flexibility index (Phi) is 6.30. The highest BCUT2D eigenvalue weighted by atomic mass is 35.5. The van der Waals surface area contributed by atoms with E-state index in [0.29, 0.717) is 21.6 Å². The summed E-state index contributed by atoms with van der Waals surface area (Å²) in [6, 6.07) is 9.18. The van der Waals surface area contributed by atoms with E-state index >= 15 is 0 Å². The van der Waals surface area contributed by atoms with E-state index in [0.717, 1.165) is 20.9 Å². The fraction of sp³-hybridized carbons (Fsp3) is 0.105. The number of nitriles is 1. The predicted octanol–water partition coefficient (Wildman–Crippen LogP) is 5.96. The molecule has 2 aromatic heterocycles. The van der Waals surface area contributed by atoms with Crippen LogP contribution in [-0.2, 0) is 11.2 Å². The molecular formula is C19H13Cl2N3OS2. The molecule has 2 heterocycles. The molecule has 0 unspecified atom stereocenters. The first-order chi connectivity index (χ1) is 13.0. The van der Waals surface area contributed by atoms with Gasteiger partial charge in [0.1, 0.15) is 11.6 Å². The van der Waals surface area contributed by atoms with Crippen LogP contribution in [0.1, 0.15) is 20.9 Å². The summed E-state index contributed by atoms with van der Waals surface area (Å²) in [7, 11) is 0. The summed E-state index contributed by atoms with van der Waals surface area (Å²) in [6.07, 6.45) is 3.83. The standard InChI is InChI=1S/C19H13Cl2N3OS2/c1-11-4-5-26-17(11)8-13(9-22)18(25)24-19-23-10-15(27-19)7-12-6-14(20)2-3-16(12)21/h2-6,8,10H,7H2,1H3,(H,23,24,25)/b13-8+. The number of nitrogens with one attached hydrogen (secondary N) is 1. The molecule has 0 aliphatic carbocycles. The number of aromatic nitrogens is 1. The Bertz CT molecular complexity index is 1060. The quantitative estimate of drug-likeness (QED) is 0.398. The molecule has 1 N–H and O–H groups in total. The monoisotopic (exact) mass is 433 g/mol. The highest BCUT2D eigenvalue weighted by Crippen LogP contribution is 2.27. The Labute approximate surface area is 174 Å². The number of thiazole rings is 1. The van der Waals surface area contributed by atoms with Crippen LogP contribution >= 0.6 is 45.9 Å². The first-order valence-corrected chi connectivity index (χ1v) is 10.3. The average Bonchev–Trinajstić information content (AvgIpc) is 3.24. The van der Waals surface area contributed by atoms with Crippen molar-refractivity contribution in [2.75, 3.05) is 5.32 Å². The van der Waals surface area contributed by atoms with Crippen LogP contribution in [0.2, 0.25) is 10.0 Å². The van der Waals surface area contributed by atoms with Crippen LogP contribution in [0, 0.1) is 18.3 Å². The minimum atomic E-state index is -0.480. The largest absolute Gasteiger partial charge is 0.297 e. The molecule has 1 amide bonds. The normalized spacial score (nSPS) is 11.3. The molecule has 3 rings (SSSR count). The Morgan fingerprint density at radius 3 is 2.89 bits per heavy atom. The van der Waals surface area contributed by atoms with Gasteiger partial charge in [-0.3, -0.25) is 10.1 Å². The molecule has 0 aliphatic rings. The fourth-order valence-electron chi connectivity index (χ4n) is 2.29. The average molecular weight is 434 g/mol. The summed E-state index contributed by atoms with van der Waals surface area (Å²) < 4.78 is 0. The number of amides is 1. The number of rotatable bonds is 5.